The quantitative estimate of drug-likeness (QED) is 0.183. The molecular weight excluding hydrogens is 606 g/mol. The van der Waals surface area contributed by atoms with Gasteiger partial charge in [0.2, 0.25) is 0 Å². The molecular formula is C31H22Cl4N2O2S. The van der Waals surface area contributed by atoms with Gasteiger partial charge in [-0.1, -0.05) is 113 Å². The van der Waals surface area contributed by atoms with Crippen LogP contribution in [0.1, 0.15) is 22.3 Å². The molecule has 0 atom stereocenters. The van der Waals surface area contributed by atoms with Crippen molar-refractivity contribution in [2.75, 3.05) is 0 Å². The number of carbonyl (C=O) groups is 1. The third-order valence-corrected chi connectivity index (χ3v) is 8.21. The zero-order valence-corrected chi connectivity index (χ0v) is 24.8. The summed E-state index contributed by atoms with van der Waals surface area (Å²) in [6.45, 7) is 1.05. The number of aliphatic imine (C=N–C) groups is 1. The Bertz CT molecular complexity index is 1570. The van der Waals surface area contributed by atoms with Gasteiger partial charge in [0.1, 0.15) is 6.61 Å². The SMILES string of the molecule is O=C1/C(=C\c2cc(Cl)c(OCc3ccc(Cl)cc3Cl)c(Cl)c2)SC(=NCc2ccccc2)N1Cc1ccccc1. The van der Waals surface area contributed by atoms with Crippen LogP contribution in [-0.4, -0.2) is 16.0 Å². The van der Waals surface area contributed by atoms with E-state index in [-0.39, 0.29) is 12.5 Å². The molecule has 0 bridgehead atoms. The van der Waals surface area contributed by atoms with E-state index in [0.29, 0.717) is 54.6 Å². The number of halogens is 4. The van der Waals surface area contributed by atoms with Crippen LogP contribution in [0.3, 0.4) is 0 Å². The van der Waals surface area contributed by atoms with E-state index in [2.05, 4.69) is 0 Å². The predicted octanol–water partition coefficient (Wildman–Crippen LogP) is 9.55. The average Bonchev–Trinajstić information content (AvgIpc) is 3.22. The highest BCUT2D eigenvalue weighted by molar-refractivity contribution is 8.18. The summed E-state index contributed by atoms with van der Waals surface area (Å²) in [7, 11) is 0. The molecule has 0 unspecified atom stereocenters. The second-order valence-corrected chi connectivity index (χ2v) is 11.6. The Morgan fingerprint density at radius 3 is 2.10 bits per heavy atom. The first-order valence-corrected chi connectivity index (χ1v) is 14.6. The molecule has 0 aliphatic carbocycles. The number of amidine groups is 1. The Morgan fingerprint density at radius 2 is 1.45 bits per heavy atom. The average molecular weight is 628 g/mol. The maximum Gasteiger partial charge on any atom is 0.267 e. The number of amides is 1. The molecule has 4 aromatic carbocycles. The van der Waals surface area contributed by atoms with E-state index >= 15 is 0 Å². The number of nitrogens with zero attached hydrogens (tertiary/aromatic N) is 2. The summed E-state index contributed by atoms with van der Waals surface area (Å²) in [5.74, 6) is 0.198. The number of ether oxygens (including phenoxy) is 1. The van der Waals surface area contributed by atoms with Crippen LogP contribution in [0.25, 0.3) is 6.08 Å². The number of hydrogen-bond donors (Lipinski definition) is 0. The molecule has 202 valence electrons. The Kier molecular flexibility index (Phi) is 9.40. The highest BCUT2D eigenvalue weighted by Gasteiger charge is 2.33. The molecule has 1 amide bonds. The number of thioether (sulfide) groups is 1. The molecule has 5 rings (SSSR count). The van der Waals surface area contributed by atoms with Crippen LogP contribution in [0.5, 0.6) is 5.75 Å². The molecule has 0 N–H and O–H groups in total. The zero-order chi connectivity index (χ0) is 28.1. The van der Waals surface area contributed by atoms with Crippen molar-refractivity contribution in [1.29, 1.82) is 0 Å². The fourth-order valence-corrected chi connectivity index (χ4v) is 6.07. The van der Waals surface area contributed by atoms with Crippen LogP contribution in [0.15, 0.2) is 101 Å². The van der Waals surface area contributed by atoms with Gasteiger partial charge < -0.3 is 4.74 Å². The van der Waals surface area contributed by atoms with E-state index in [1.54, 1.807) is 41.3 Å². The lowest BCUT2D eigenvalue weighted by Crippen LogP contribution is -2.28. The lowest BCUT2D eigenvalue weighted by atomic mass is 10.2. The second-order valence-electron chi connectivity index (χ2n) is 8.91. The molecule has 0 aromatic heterocycles. The van der Waals surface area contributed by atoms with Crippen molar-refractivity contribution in [1.82, 2.24) is 4.90 Å². The van der Waals surface area contributed by atoms with Crippen LogP contribution in [0.4, 0.5) is 0 Å². The molecule has 0 radical (unpaired) electrons. The van der Waals surface area contributed by atoms with E-state index in [1.807, 2.05) is 60.7 Å². The van der Waals surface area contributed by atoms with Gasteiger partial charge in [-0.05, 0) is 58.8 Å². The van der Waals surface area contributed by atoms with Gasteiger partial charge in [0, 0.05) is 15.6 Å². The van der Waals surface area contributed by atoms with Gasteiger partial charge in [-0.25, -0.2) is 0 Å². The summed E-state index contributed by atoms with van der Waals surface area (Å²) in [5.41, 5.74) is 3.50. The van der Waals surface area contributed by atoms with Crippen molar-refractivity contribution in [3.05, 3.63) is 138 Å². The van der Waals surface area contributed by atoms with E-state index in [9.17, 15) is 4.79 Å². The molecule has 4 nitrogen and oxygen atoms in total. The second kappa shape index (κ2) is 13.2. The van der Waals surface area contributed by atoms with Crippen LogP contribution < -0.4 is 4.74 Å². The molecule has 4 aromatic rings. The smallest absolute Gasteiger partial charge is 0.267 e. The number of rotatable bonds is 8. The lowest BCUT2D eigenvalue weighted by molar-refractivity contribution is -0.122. The largest absolute Gasteiger partial charge is 0.486 e. The minimum absolute atomic E-state index is 0.134. The molecule has 1 aliphatic heterocycles. The molecule has 1 saturated heterocycles. The summed E-state index contributed by atoms with van der Waals surface area (Å²) < 4.78 is 5.88. The summed E-state index contributed by atoms with van der Waals surface area (Å²) in [4.78, 5) is 20.5. The van der Waals surface area contributed by atoms with Crippen LogP contribution in [0.2, 0.25) is 20.1 Å². The standard InChI is InChI=1S/C31H22Cl4N2O2S/c32-24-12-11-23(25(33)16-24)19-39-29-26(34)13-22(14-27(29)35)15-28-30(38)37(18-21-9-5-2-6-10-21)31(40-28)36-17-20-7-3-1-4-8-20/h1-16H,17-19H2/b28-15+,36-31?. The summed E-state index contributed by atoms with van der Waals surface area (Å²) >= 11 is 26.7. The molecule has 40 heavy (non-hydrogen) atoms. The molecule has 0 saturated carbocycles. The summed E-state index contributed by atoms with van der Waals surface area (Å²) in [6, 6.07) is 28.4. The molecule has 1 heterocycles. The first-order chi connectivity index (χ1) is 19.4. The molecule has 1 aliphatic rings. The minimum atomic E-state index is -0.134. The van der Waals surface area contributed by atoms with Gasteiger partial charge in [0.25, 0.3) is 5.91 Å². The monoisotopic (exact) mass is 626 g/mol. The lowest BCUT2D eigenvalue weighted by Gasteiger charge is -2.15. The summed E-state index contributed by atoms with van der Waals surface area (Å²) in [6.07, 6.45) is 1.77. The van der Waals surface area contributed by atoms with Gasteiger partial charge >= 0.3 is 0 Å². The Hall–Kier alpha value is -2.93. The van der Waals surface area contributed by atoms with Crippen LogP contribution in [0, 0.1) is 0 Å². The van der Waals surface area contributed by atoms with E-state index in [1.165, 1.54) is 11.8 Å². The van der Waals surface area contributed by atoms with Crippen molar-refractivity contribution >= 4 is 75.3 Å². The maximum absolute atomic E-state index is 13.5. The topological polar surface area (TPSA) is 41.9 Å². The highest BCUT2D eigenvalue weighted by atomic mass is 35.5. The van der Waals surface area contributed by atoms with Crippen LogP contribution >= 0.6 is 58.2 Å². The maximum atomic E-state index is 13.5. The Labute approximate surface area is 257 Å². The van der Waals surface area contributed by atoms with Gasteiger partial charge in [-0.3, -0.25) is 14.7 Å². The van der Waals surface area contributed by atoms with Gasteiger partial charge in [0.15, 0.2) is 10.9 Å². The Balaban J connectivity index is 1.38. The fourth-order valence-electron chi connectivity index (χ4n) is 4.01. The zero-order valence-electron chi connectivity index (χ0n) is 21.0. The normalized spacial score (nSPS) is 15.3. The molecule has 1 fully saturated rings. The van der Waals surface area contributed by atoms with Crippen molar-refractivity contribution < 1.29 is 9.53 Å². The van der Waals surface area contributed by atoms with Crippen LogP contribution in [-0.2, 0) is 24.5 Å². The number of benzene rings is 4. The summed E-state index contributed by atoms with van der Waals surface area (Å²) in [5, 5.41) is 2.30. The van der Waals surface area contributed by atoms with Gasteiger partial charge in [-0.2, -0.15) is 0 Å². The van der Waals surface area contributed by atoms with E-state index < -0.39 is 0 Å². The third-order valence-electron chi connectivity index (χ3n) is 6.02. The van der Waals surface area contributed by atoms with Gasteiger partial charge in [0.05, 0.1) is 28.0 Å². The van der Waals surface area contributed by atoms with Crippen molar-refractivity contribution in [3.63, 3.8) is 0 Å². The predicted molar refractivity (Wildman–Crippen MR) is 167 cm³/mol. The first kappa shape index (κ1) is 28.6. The van der Waals surface area contributed by atoms with Gasteiger partial charge in [-0.15, -0.1) is 0 Å². The fraction of sp³-hybridized carbons (Fsp3) is 0.0968. The number of carbonyl (C=O) groups excluding carboxylic acids is 1. The minimum Gasteiger partial charge on any atom is -0.486 e. The first-order valence-electron chi connectivity index (χ1n) is 12.3. The van der Waals surface area contributed by atoms with Crippen molar-refractivity contribution in [3.8, 4) is 5.75 Å². The van der Waals surface area contributed by atoms with Crippen molar-refractivity contribution in [2.45, 2.75) is 19.7 Å². The van der Waals surface area contributed by atoms with E-state index in [0.717, 1.165) is 16.7 Å². The highest BCUT2D eigenvalue weighted by Crippen LogP contribution is 2.38. The molecule has 0 spiro atoms. The third kappa shape index (κ3) is 7.03. The number of hydrogen-bond acceptors (Lipinski definition) is 4. The van der Waals surface area contributed by atoms with E-state index in [4.69, 9.17) is 56.1 Å². The van der Waals surface area contributed by atoms with Crippen molar-refractivity contribution in [2.24, 2.45) is 4.99 Å². The Morgan fingerprint density at radius 1 is 0.800 bits per heavy atom. The molecule has 9 heteroatoms.